The van der Waals surface area contributed by atoms with E-state index in [9.17, 15) is 0 Å². The molecule has 0 spiro atoms. The number of benzene rings is 1. The second-order valence-corrected chi connectivity index (χ2v) is 6.49. The molecule has 1 aromatic rings. The van der Waals surface area contributed by atoms with Crippen LogP contribution in [0, 0.1) is 0 Å². The summed E-state index contributed by atoms with van der Waals surface area (Å²) >= 11 is 0. The van der Waals surface area contributed by atoms with E-state index in [1.807, 2.05) is 0 Å². The maximum atomic E-state index is 2.60. The molecular formula is C18H28N2. The van der Waals surface area contributed by atoms with Gasteiger partial charge >= 0.3 is 0 Å². The number of likely N-dealkylation sites (tertiary alicyclic amines) is 2. The zero-order chi connectivity index (χ0) is 13.6. The first-order valence-electron chi connectivity index (χ1n) is 8.43. The van der Waals surface area contributed by atoms with E-state index in [4.69, 9.17) is 0 Å². The first kappa shape index (κ1) is 14.1. The lowest BCUT2D eigenvalue weighted by atomic mass is 10.1. The normalized spacial score (nSPS) is 22.0. The van der Waals surface area contributed by atoms with Gasteiger partial charge in [0.25, 0.3) is 0 Å². The maximum Gasteiger partial charge on any atom is 0.0233 e. The summed E-state index contributed by atoms with van der Waals surface area (Å²) in [7, 11) is 0. The van der Waals surface area contributed by atoms with Crippen LogP contribution in [0.25, 0.3) is 0 Å². The van der Waals surface area contributed by atoms with Crippen molar-refractivity contribution in [3.8, 4) is 0 Å². The van der Waals surface area contributed by atoms with E-state index in [1.165, 1.54) is 75.8 Å². The van der Waals surface area contributed by atoms with Gasteiger partial charge in [-0.15, -0.1) is 0 Å². The Balaban J connectivity index is 1.51. The summed E-state index contributed by atoms with van der Waals surface area (Å²) in [5.41, 5.74) is 2.96. The summed E-state index contributed by atoms with van der Waals surface area (Å²) in [6.07, 6.45) is 8.37. The molecule has 0 atom stereocenters. The van der Waals surface area contributed by atoms with Crippen LogP contribution in [-0.2, 0) is 13.1 Å². The van der Waals surface area contributed by atoms with E-state index in [2.05, 4.69) is 34.1 Å². The molecule has 0 unspecified atom stereocenters. The van der Waals surface area contributed by atoms with Crippen LogP contribution in [0.5, 0.6) is 0 Å². The highest BCUT2D eigenvalue weighted by atomic mass is 15.1. The van der Waals surface area contributed by atoms with Crippen LogP contribution < -0.4 is 0 Å². The van der Waals surface area contributed by atoms with Crippen LogP contribution in [0.4, 0.5) is 0 Å². The molecule has 1 aromatic carbocycles. The quantitative estimate of drug-likeness (QED) is 0.825. The second-order valence-electron chi connectivity index (χ2n) is 6.49. The molecule has 2 fully saturated rings. The van der Waals surface area contributed by atoms with Crippen molar-refractivity contribution in [2.24, 2.45) is 0 Å². The van der Waals surface area contributed by atoms with Gasteiger partial charge in [0.2, 0.25) is 0 Å². The van der Waals surface area contributed by atoms with Crippen molar-refractivity contribution in [1.29, 1.82) is 0 Å². The molecule has 110 valence electrons. The maximum absolute atomic E-state index is 2.60. The molecule has 2 aliphatic rings. The van der Waals surface area contributed by atoms with Crippen LogP contribution >= 0.6 is 0 Å². The Hall–Kier alpha value is -0.860. The number of nitrogens with zero attached hydrogens (tertiary/aromatic N) is 2. The number of hydrogen-bond donors (Lipinski definition) is 0. The van der Waals surface area contributed by atoms with Gasteiger partial charge in [-0.05, 0) is 63.0 Å². The molecule has 2 aliphatic heterocycles. The first-order valence-corrected chi connectivity index (χ1v) is 8.43. The van der Waals surface area contributed by atoms with Crippen molar-refractivity contribution in [2.45, 2.75) is 51.6 Å². The van der Waals surface area contributed by atoms with Crippen LogP contribution in [0.15, 0.2) is 24.3 Å². The van der Waals surface area contributed by atoms with E-state index >= 15 is 0 Å². The topological polar surface area (TPSA) is 6.48 Å². The van der Waals surface area contributed by atoms with E-state index in [0.29, 0.717) is 0 Å². The van der Waals surface area contributed by atoms with E-state index < -0.39 is 0 Å². The molecule has 2 heteroatoms. The fourth-order valence-electron chi connectivity index (χ4n) is 3.50. The zero-order valence-corrected chi connectivity index (χ0v) is 12.7. The van der Waals surface area contributed by atoms with Crippen molar-refractivity contribution in [2.75, 3.05) is 26.2 Å². The van der Waals surface area contributed by atoms with Crippen molar-refractivity contribution in [1.82, 2.24) is 9.80 Å². The van der Waals surface area contributed by atoms with Gasteiger partial charge in [0.15, 0.2) is 0 Å². The standard InChI is InChI=1S/C18H28N2/c1-3-11-19(12-4-1)15-17-7-9-18(10-8-17)16-20-13-5-2-6-14-20/h7-10H,1-6,11-16H2. The zero-order valence-electron chi connectivity index (χ0n) is 12.7. The molecule has 0 saturated carbocycles. The third-order valence-electron chi connectivity index (χ3n) is 4.73. The van der Waals surface area contributed by atoms with Crippen molar-refractivity contribution in [3.05, 3.63) is 35.4 Å². The molecule has 0 N–H and O–H groups in total. The fourth-order valence-corrected chi connectivity index (χ4v) is 3.50. The smallest absolute Gasteiger partial charge is 0.0233 e. The first-order chi connectivity index (χ1) is 9.90. The fraction of sp³-hybridized carbons (Fsp3) is 0.667. The molecule has 3 rings (SSSR count). The summed E-state index contributed by atoms with van der Waals surface area (Å²) < 4.78 is 0. The summed E-state index contributed by atoms with van der Waals surface area (Å²) in [5.74, 6) is 0. The average molecular weight is 272 g/mol. The van der Waals surface area contributed by atoms with Crippen molar-refractivity contribution < 1.29 is 0 Å². The van der Waals surface area contributed by atoms with Crippen molar-refractivity contribution >= 4 is 0 Å². The molecular weight excluding hydrogens is 244 g/mol. The monoisotopic (exact) mass is 272 g/mol. The molecule has 20 heavy (non-hydrogen) atoms. The minimum absolute atomic E-state index is 1.14. The molecule has 0 aliphatic carbocycles. The Labute approximate surface area is 123 Å². The average Bonchev–Trinajstić information content (AvgIpc) is 2.51. The minimum Gasteiger partial charge on any atom is -0.299 e. The summed E-state index contributed by atoms with van der Waals surface area (Å²) in [6.45, 7) is 7.43. The lowest BCUT2D eigenvalue weighted by Crippen LogP contribution is -2.29. The molecule has 0 bridgehead atoms. The third-order valence-corrected chi connectivity index (χ3v) is 4.73. The lowest BCUT2D eigenvalue weighted by molar-refractivity contribution is 0.219. The number of hydrogen-bond acceptors (Lipinski definition) is 2. The molecule has 2 saturated heterocycles. The van der Waals surface area contributed by atoms with Gasteiger partial charge in [-0.1, -0.05) is 37.1 Å². The Kier molecular flexibility index (Phi) is 5.10. The molecule has 0 radical (unpaired) electrons. The number of rotatable bonds is 4. The summed E-state index contributed by atoms with van der Waals surface area (Å²) in [5, 5.41) is 0. The second kappa shape index (κ2) is 7.24. The Bertz CT molecular complexity index is 347. The van der Waals surface area contributed by atoms with Gasteiger partial charge in [0.1, 0.15) is 0 Å². The van der Waals surface area contributed by atoms with Crippen LogP contribution in [0.2, 0.25) is 0 Å². The van der Waals surface area contributed by atoms with Crippen molar-refractivity contribution in [3.63, 3.8) is 0 Å². The predicted octanol–water partition coefficient (Wildman–Crippen LogP) is 3.66. The lowest BCUT2D eigenvalue weighted by Gasteiger charge is -2.27. The van der Waals surface area contributed by atoms with Gasteiger partial charge in [-0.3, -0.25) is 9.80 Å². The highest BCUT2D eigenvalue weighted by molar-refractivity contribution is 5.22. The van der Waals surface area contributed by atoms with E-state index in [-0.39, 0.29) is 0 Å². The molecule has 0 amide bonds. The van der Waals surface area contributed by atoms with E-state index in [0.717, 1.165) is 13.1 Å². The highest BCUT2D eigenvalue weighted by Gasteiger charge is 2.12. The van der Waals surface area contributed by atoms with Gasteiger partial charge < -0.3 is 0 Å². The Morgan fingerprint density at radius 1 is 0.550 bits per heavy atom. The third kappa shape index (κ3) is 4.07. The Morgan fingerprint density at radius 2 is 0.900 bits per heavy atom. The summed E-state index contributed by atoms with van der Waals surface area (Å²) in [4.78, 5) is 5.20. The number of piperidine rings is 2. The predicted molar refractivity (Wildman–Crippen MR) is 84.7 cm³/mol. The molecule has 2 nitrogen and oxygen atoms in total. The largest absolute Gasteiger partial charge is 0.299 e. The highest BCUT2D eigenvalue weighted by Crippen LogP contribution is 2.16. The molecule has 2 heterocycles. The van der Waals surface area contributed by atoms with Gasteiger partial charge in [0, 0.05) is 13.1 Å². The van der Waals surface area contributed by atoms with Gasteiger partial charge in [-0.2, -0.15) is 0 Å². The van der Waals surface area contributed by atoms with Gasteiger partial charge in [0.05, 0.1) is 0 Å². The summed E-state index contributed by atoms with van der Waals surface area (Å²) in [6, 6.07) is 9.36. The SMILES string of the molecule is c1cc(CN2CCCCC2)ccc1CN1CCCCC1. The van der Waals surface area contributed by atoms with Gasteiger partial charge in [-0.25, -0.2) is 0 Å². The van der Waals surface area contributed by atoms with Crippen LogP contribution in [0.1, 0.15) is 49.7 Å². The minimum atomic E-state index is 1.14. The molecule has 0 aromatic heterocycles. The van der Waals surface area contributed by atoms with Crippen LogP contribution in [0.3, 0.4) is 0 Å². The van der Waals surface area contributed by atoms with Crippen LogP contribution in [-0.4, -0.2) is 36.0 Å². The Morgan fingerprint density at radius 3 is 1.25 bits per heavy atom. The van der Waals surface area contributed by atoms with E-state index in [1.54, 1.807) is 0 Å².